The maximum Gasteiger partial charge on any atom is 0.0332 e. The number of hydrogen-bond donors (Lipinski definition) is 1. The topological polar surface area (TPSA) is 29.3 Å². The molecule has 2 saturated carbocycles. The van der Waals surface area contributed by atoms with Crippen LogP contribution in [0.3, 0.4) is 0 Å². The number of rotatable bonds is 2. The summed E-state index contributed by atoms with van der Waals surface area (Å²) in [5.41, 5.74) is 7.36. The van der Waals surface area contributed by atoms with Gasteiger partial charge >= 0.3 is 0 Å². The SMILES string of the molecule is CC1CCCN(C2(CN)CCC3(CCCC3)CC2)C1. The van der Waals surface area contributed by atoms with Crippen molar-refractivity contribution in [3.8, 4) is 0 Å². The van der Waals surface area contributed by atoms with E-state index in [-0.39, 0.29) is 0 Å². The summed E-state index contributed by atoms with van der Waals surface area (Å²) in [5, 5.41) is 0. The number of hydrogen-bond acceptors (Lipinski definition) is 2. The van der Waals surface area contributed by atoms with Crippen LogP contribution in [0.25, 0.3) is 0 Å². The first-order valence-corrected chi connectivity index (χ1v) is 8.63. The number of likely N-dealkylation sites (tertiary alicyclic amines) is 1. The van der Waals surface area contributed by atoms with Crippen LogP contribution in [0.4, 0.5) is 0 Å². The molecule has 0 aromatic rings. The first kappa shape index (κ1) is 13.9. The molecule has 2 aliphatic carbocycles. The van der Waals surface area contributed by atoms with Gasteiger partial charge in [-0.1, -0.05) is 19.8 Å². The average molecular weight is 264 g/mol. The molecule has 2 N–H and O–H groups in total. The zero-order chi connectivity index (χ0) is 13.3. The molecule has 1 aliphatic heterocycles. The molecule has 3 aliphatic rings. The van der Waals surface area contributed by atoms with Crippen molar-refractivity contribution in [2.45, 2.75) is 76.7 Å². The van der Waals surface area contributed by atoms with Gasteiger partial charge in [-0.05, 0) is 69.2 Å². The minimum absolute atomic E-state index is 0.364. The Bertz CT molecular complexity index is 296. The highest BCUT2D eigenvalue weighted by Gasteiger charge is 2.46. The summed E-state index contributed by atoms with van der Waals surface area (Å²) in [5.74, 6) is 0.875. The van der Waals surface area contributed by atoms with E-state index in [0.29, 0.717) is 5.54 Å². The van der Waals surface area contributed by atoms with Crippen LogP contribution in [-0.4, -0.2) is 30.1 Å². The van der Waals surface area contributed by atoms with Gasteiger partial charge in [0.2, 0.25) is 0 Å². The molecular formula is C17H32N2. The van der Waals surface area contributed by atoms with Crippen molar-refractivity contribution in [1.82, 2.24) is 4.90 Å². The maximum atomic E-state index is 6.26. The smallest absolute Gasteiger partial charge is 0.0332 e. The van der Waals surface area contributed by atoms with Crippen molar-refractivity contribution >= 4 is 0 Å². The third-order valence-electron chi connectivity index (χ3n) is 6.61. The van der Waals surface area contributed by atoms with E-state index in [1.54, 1.807) is 0 Å². The molecule has 1 spiro atoms. The third-order valence-corrected chi connectivity index (χ3v) is 6.61. The van der Waals surface area contributed by atoms with Crippen molar-refractivity contribution in [2.24, 2.45) is 17.1 Å². The number of nitrogens with two attached hydrogens (primary N) is 1. The highest BCUT2D eigenvalue weighted by molar-refractivity contribution is 5.02. The van der Waals surface area contributed by atoms with Crippen LogP contribution in [0.2, 0.25) is 0 Å². The Morgan fingerprint density at radius 3 is 2.26 bits per heavy atom. The predicted octanol–water partition coefficient (Wildman–Crippen LogP) is 3.55. The van der Waals surface area contributed by atoms with E-state index < -0.39 is 0 Å². The standard InChI is InChI=1S/C17H32N2/c1-15-5-4-12-19(13-15)17(14-18)10-8-16(9-11-17)6-2-3-7-16/h15H,2-14,18H2,1H3. The van der Waals surface area contributed by atoms with Crippen LogP contribution in [0.5, 0.6) is 0 Å². The lowest BCUT2D eigenvalue weighted by molar-refractivity contribution is -0.00869. The normalized spacial score (nSPS) is 34.7. The lowest BCUT2D eigenvalue weighted by atomic mass is 9.65. The second-order valence-corrected chi connectivity index (χ2v) is 7.83. The number of piperidine rings is 1. The Labute approximate surface area is 119 Å². The Hall–Kier alpha value is -0.0800. The molecule has 0 aromatic heterocycles. The quantitative estimate of drug-likeness (QED) is 0.826. The molecule has 3 rings (SSSR count). The third kappa shape index (κ3) is 2.58. The van der Waals surface area contributed by atoms with Crippen molar-refractivity contribution in [3.63, 3.8) is 0 Å². The summed E-state index contributed by atoms with van der Waals surface area (Å²) in [7, 11) is 0. The van der Waals surface area contributed by atoms with E-state index in [2.05, 4.69) is 11.8 Å². The Morgan fingerprint density at radius 1 is 1.00 bits per heavy atom. The first-order chi connectivity index (χ1) is 9.18. The molecule has 2 nitrogen and oxygen atoms in total. The minimum atomic E-state index is 0.364. The summed E-state index contributed by atoms with van der Waals surface area (Å²) >= 11 is 0. The fourth-order valence-corrected chi connectivity index (χ4v) is 5.14. The average Bonchev–Trinajstić information content (AvgIpc) is 2.89. The summed E-state index contributed by atoms with van der Waals surface area (Å²) < 4.78 is 0. The molecule has 0 bridgehead atoms. The number of nitrogens with zero attached hydrogens (tertiary/aromatic N) is 1. The van der Waals surface area contributed by atoms with Gasteiger partial charge in [-0.25, -0.2) is 0 Å². The molecule has 1 heterocycles. The van der Waals surface area contributed by atoms with Gasteiger partial charge in [-0.3, -0.25) is 4.90 Å². The van der Waals surface area contributed by atoms with Crippen LogP contribution >= 0.6 is 0 Å². The van der Waals surface area contributed by atoms with E-state index >= 15 is 0 Å². The molecular weight excluding hydrogens is 232 g/mol. The summed E-state index contributed by atoms with van der Waals surface area (Å²) in [6, 6.07) is 0. The summed E-state index contributed by atoms with van der Waals surface area (Å²) in [4.78, 5) is 2.78. The molecule has 0 amide bonds. The largest absolute Gasteiger partial charge is 0.329 e. The minimum Gasteiger partial charge on any atom is -0.329 e. The Morgan fingerprint density at radius 2 is 1.68 bits per heavy atom. The van der Waals surface area contributed by atoms with Gasteiger partial charge in [0, 0.05) is 18.6 Å². The van der Waals surface area contributed by atoms with Crippen molar-refractivity contribution < 1.29 is 0 Å². The van der Waals surface area contributed by atoms with Gasteiger partial charge < -0.3 is 5.73 Å². The van der Waals surface area contributed by atoms with Crippen LogP contribution in [0.15, 0.2) is 0 Å². The Kier molecular flexibility index (Phi) is 3.92. The second-order valence-electron chi connectivity index (χ2n) is 7.83. The highest BCUT2D eigenvalue weighted by atomic mass is 15.2. The maximum absolute atomic E-state index is 6.26. The van der Waals surface area contributed by atoms with E-state index in [4.69, 9.17) is 5.73 Å². The van der Waals surface area contributed by atoms with Crippen LogP contribution in [0, 0.1) is 11.3 Å². The van der Waals surface area contributed by atoms with Gasteiger partial charge in [-0.2, -0.15) is 0 Å². The van der Waals surface area contributed by atoms with E-state index in [0.717, 1.165) is 17.9 Å². The fraction of sp³-hybridized carbons (Fsp3) is 1.00. The van der Waals surface area contributed by atoms with Gasteiger partial charge in [0.25, 0.3) is 0 Å². The van der Waals surface area contributed by atoms with E-state index in [1.165, 1.54) is 77.3 Å². The molecule has 3 fully saturated rings. The molecule has 2 heteroatoms. The lowest BCUT2D eigenvalue weighted by Crippen LogP contribution is -2.59. The van der Waals surface area contributed by atoms with E-state index in [9.17, 15) is 0 Å². The summed E-state index contributed by atoms with van der Waals surface area (Å²) in [6.45, 7) is 5.90. The van der Waals surface area contributed by atoms with Crippen molar-refractivity contribution in [3.05, 3.63) is 0 Å². The second kappa shape index (κ2) is 5.37. The monoisotopic (exact) mass is 264 g/mol. The summed E-state index contributed by atoms with van der Waals surface area (Å²) in [6.07, 6.45) is 14.4. The van der Waals surface area contributed by atoms with Crippen LogP contribution < -0.4 is 5.73 Å². The molecule has 1 unspecified atom stereocenters. The van der Waals surface area contributed by atoms with Gasteiger partial charge in [0.1, 0.15) is 0 Å². The fourth-order valence-electron chi connectivity index (χ4n) is 5.14. The van der Waals surface area contributed by atoms with Crippen LogP contribution in [-0.2, 0) is 0 Å². The Balaban J connectivity index is 1.67. The molecule has 19 heavy (non-hydrogen) atoms. The molecule has 1 saturated heterocycles. The molecule has 110 valence electrons. The molecule has 0 radical (unpaired) electrons. The van der Waals surface area contributed by atoms with Crippen molar-refractivity contribution in [2.75, 3.05) is 19.6 Å². The lowest BCUT2D eigenvalue weighted by Gasteiger charge is -2.52. The zero-order valence-electron chi connectivity index (χ0n) is 12.8. The van der Waals surface area contributed by atoms with Crippen LogP contribution in [0.1, 0.15) is 71.1 Å². The van der Waals surface area contributed by atoms with Gasteiger partial charge in [0.05, 0.1) is 0 Å². The molecule has 0 aromatic carbocycles. The predicted molar refractivity (Wildman–Crippen MR) is 81.1 cm³/mol. The highest BCUT2D eigenvalue weighted by Crippen LogP contribution is 2.52. The van der Waals surface area contributed by atoms with Gasteiger partial charge in [0.15, 0.2) is 0 Å². The van der Waals surface area contributed by atoms with E-state index in [1.807, 2.05) is 0 Å². The molecule has 1 atom stereocenters. The zero-order valence-corrected chi connectivity index (χ0v) is 12.8. The first-order valence-electron chi connectivity index (χ1n) is 8.63. The van der Waals surface area contributed by atoms with Gasteiger partial charge in [-0.15, -0.1) is 0 Å². The van der Waals surface area contributed by atoms with Crippen molar-refractivity contribution in [1.29, 1.82) is 0 Å².